The first-order valence-electron chi connectivity index (χ1n) is 6.70. The molecule has 0 bridgehead atoms. The summed E-state index contributed by atoms with van der Waals surface area (Å²) in [5.74, 6) is 0.949. The second kappa shape index (κ2) is 7.07. The standard InChI is InChI=1S/C14H18Cl2N4/c1-3-17-13(8-14-18-9-19-20(14)4-2)11-6-5-10(15)7-12(11)16/h5-7,9,13,17H,3-4,8H2,1-2H3. The van der Waals surface area contributed by atoms with Crippen LogP contribution < -0.4 is 5.32 Å². The predicted molar refractivity (Wildman–Crippen MR) is 82.3 cm³/mol. The zero-order valence-corrected chi connectivity index (χ0v) is 13.1. The SMILES string of the molecule is CCNC(Cc1ncnn1CC)c1ccc(Cl)cc1Cl. The lowest BCUT2D eigenvalue weighted by atomic mass is 10.0. The summed E-state index contributed by atoms with van der Waals surface area (Å²) in [4.78, 5) is 4.32. The summed E-state index contributed by atoms with van der Waals surface area (Å²) in [5, 5.41) is 8.96. The Hall–Kier alpha value is -1.10. The molecule has 20 heavy (non-hydrogen) atoms. The molecule has 1 heterocycles. The van der Waals surface area contributed by atoms with Gasteiger partial charge in [-0.05, 0) is 31.2 Å². The Kier molecular flexibility index (Phi) is 5.40. The average Bonchev–Trinajstić information content (AvgIpc) is 2.85. The van der Waals surface area contributed by atoms with Gasteiger partial charge in [0.05, 0.1) is 0 Å². The van der Waals surface area contributed by atoms with E-state index in [2.05, 4.69) is 29.2 Å². The Balaban J connectivity index is 2.27. The third-order valence-corrected chi connectivity index (χ3v) is 3.73. The number of benzene rings is 1. The highest BCUT2D eigenvalue weighted by Crippen LogP contribution is 2.28. The van der Waals surface area contributed by atoms with Crippen molar-refractivity contribution in [3.05, 3.63) is 46.0 Å². The van der Waals surface area contributed by atoms with Crippen LogP contribution in [0, 0.1) is 0 Å². The highest BCUT2D eigenvalue weighted by molar-refractivity contribution is 6.35. The molecule has 1 unspecified atom stereocenters. The molecular weight excluding hydrogens is 295 g/mol. The van der Waals surface area contributed by atoms with Gasteiger partial charge in [0, 0.05) is 29.1 Å². The van der Waals surface area contributed by atoms with E-state index in [-0.39, 0.29) is 6.04 Å². The third kappa shape index (κ3) is 3.51. The van der Waals surface area contributed by atoms with Gasteiger partial charge in [0.2, 0.25) is 0 Å². The van der Waals surface area contributed by atoms with Crippen molar-refractivity contribution in [2.75, 3.05) is 6.54 Å². The number of aryl methyl sites for hydroxylation is 1. The van der Waals surface area contributed by atoms with Gasteiger partial charge in [-0.15, -0.1) is 0 Å². The molecule has 0 aliphatic rings. The van der Waals surface area contributed by atoms with Gasteiger partial charge in [0.1, 0.15) is 12.2 Å². The minimum absolute atomic E-state index is 0.0965. The van der Waals surface area contributed by atoms with Crippen molar-refractivity contribution in [3.8, 4) is 0 Å². The maximum absolute atomic E-state index is 6.31. The number of rotatable bonds is 6. The molecule has 108 valence electrons. The zero-order valence-electron chi connectivity index (χ0n) is 11.6. The first-order valence-corrected chi connectivity index (χ1v) is 7.46. The van der Waals surface area contributed by atoms with Crippen molar-refractivity contribution in [1.29, 1.82) is 0 Å². The van der Waals surface area contributed by atoms with Crippen molar-refractivity contribution in [2.45, 2.75) is 32.9 Å². The van der Waals surface area contributed by atoms with E-state index >= 15 is 0 Å². The molecule has 2 rings (SSSR count). The molecule has 0 saturated carbocycles. The summed E-state index contributed by atoms with van der Waals surface area (Å²) in [5.41, 5.74) is 1.03. The van der Waals surface area contributed by atoms with E-state index in [1.807, 2.05) is 16.8 Å². The van der Waals surface area contributed by atoms with Crippen LogP contribution in [0.25, 0.3) is 0 Å². The van der Waals surface area contributed by atoms with Gasteiger partial charge in [0.25, 0.3) is 0 Å². The summed E-state index contributed by atoms with van der Waals surface area (Å²) < 4.78 is 1.90. The highest BCUT2D eigenvalue weighted by atomic mass is 35.5. The maximum atomic E-state index is 6.31. The second-order valence-electron chi connectivity index (χ2n) is 4.47. The molecule has 0 aliphatic heterocycles. The molecule has 6 heteroatoms. The van der Waals surface area contributed by atoms with Crippen LogP contribution >= 0.6 is 23.2 Å². The Bertz CT molecular complexity index is 568. The smallest absolute Gasteiger partial charge is 0.138 e. The molecule has 1 aromatic heterocycles. The molecule has 0 fully saturated rings. The monoisotopic (exact) mass is 312 g/mol. The number of aromatic nitrogens is 3. The van der Waals surface area contributed by atoms with E-state index in [4.69, 9.17) is 23.2 Å². The maximum Gasteiger partial charge on any atom is 0.138 e. The van der Waals surface area contributed by atoms with Gasteiger partial charge in [-0.1, -0.05) is 36.2 Å². The van der Waals surface area contributed by atoms with E-state index in [0.717, 1.165) is 30.9 Å². The molecule has 0 radical (unpaired) electrons. The fraction of sp³-hybridized carbons (Fsp3) is 0.429. The second-order valence-corrected chi connectivity index (χ2v) is 5.32. The fourth-order valence-electron chi connectivity index (χ4n) is 2.22. The summed E-state index contributed by atoms with van der Waals surface area (Å²) in [6.45, 7) is 5.78. The Morgan fingerprint density at radius 1 is 1.30 bits per heavy atom. The molecule has 1 atom stereocenters. The molecular formula is C14H18Cl2N4. The van der Waals surface area contributed by atoms with Gasteiger partial charge in [-0.2, -0.15) is 5.10 Å². The first-order chi connectivity index (χ1) is 9.65. The fourth-order valence-corrected chi connectivity index (χ4v) is 2.76. The Morgan fingerprint density at radius 2 is 2.10 bits per heavy atom. The van der Waals surface area contributed by atoms with Crippen LogP contribution in [0.5, 0.6) is 0 Å². The highest BCUT2D eigenvalue weighted by Gasteiger charge is 2.17. The van der Waals surface area contributed by atoms with Crippen molar-refractivity contribution in [3.63, 3.8) is 0 Å². The number of hydrogen-bond acceptors (Lipinski definition) is 3. The molecule has 0 aliphatic carbocycles. The van der Waals surface area contributed by atoms with Crippen molar-refractivity contribution in [2.24, 2.45) is 0 Å². The summed E-state index contributed by atoms with van der Waals surface area (Å²) in [6.07, 6.45) is 2.33. The topological polar surface area (TPSA) is 42.7 Å². The van der Waals surface area contributed by atoms with Crippen molar-refractivity contribution < 1.29 is 0 Å². The molecule has 2 aromatic rings. The van der Waals surface area contributed by atoms with Gasteiger partial charge in [-0.25, -0.2) is 4.98 Å². The molecule has 0 saturated heterocycles. The average molecular weight is 313 g/mol. The number of nitrogens with zero attached hydrogens (tertiary/aromatic N) is 3. The van der Waals surface area contributed by atoms with Crippen LogP contribution in [0.4, 0.5) is 0 Å². The minimum Gasteiger partial charge on any atom is -0.310 e. The lowest BCUT2D eigenvalue weighted by Gasteiger charge is -2.19. The molecule has 0 spiro atoms. The van der Waals surface area contributed by atoms with Gasteiger partial charge in [0.15, 0.2) is 0 Å². The number of likely N-dealkylation sites (N-methyl/N-ethyl adjacent to an activating group) is 1. The normalized spacial score (nSPS) is 12.6. The molecule has 1 N–H and O–H groups in total. The van der Waals surface area contributed by atoms with Crippen LogP contribution in [0.1, 0.15) is 31.3 Å². The summed E-state index contributed by atoms with van der Waals surface area (Å²) in [7, 11) is 0. The molecule has 0 amide bonds. The minimum atomic E-state index is 0.0965. The number of hydrogen-bond donors (Lipinski definition) is 1. The Labute approximate surface area is 129 Å². The van der Waals surface area contributed by atoms with E-state index in [1.165, 1.54) is 0 Å². The zero-order chi connectivity index (χ0) is 14.5. The van der Waals surface area contributed by atoms with Crippen LogP contribution in [-0.4, -0.2) is 21.3 Å². The summed E-state index contributed by atoms with van der Waals surface area (Å²) >= 11 is 12.3. The lowest BCUT2D eigenvalue weighted by Crippen LogP contribution is -2.24. The number of nitrogens with one attached hydrogen (secondary N) is 1. The van der Waals surface area contributed by atoms with E-state index in [1.54, 1.807) is 12.4 Å². The van der Waals surface area contributed by atoms with Crippen molar-refractivity contribution >= 4 is 23.2 Å². The summed E-state index contributed by atoms with van der Waals surface area (Å²) in [6, 6.07) is 5.69. The van der Waals surface area contributed by atoms with Crippen LogP contribution in [0.3, 0.4) is 0 Å². The predicted octanol–water partition coefficient (Wildman–Crippen LogP) is 3.50. The van der Waals surface area contributed by atoms with Crippen LogP contribution in [0.2, 0.25) is 10.0 Å². The van der Waals surface area contributed by atoms with Gasteiger partial charge < -0.3 is 5.32 Å². The first kappa shape index (κ1) is 15.3. The molecule has 1 aromatic carbocycles. The third-order valence-electron chi connectivity index (χ3n) is 3.17. The largest absolute Gasteiger partial charge is 0.310 e. The quantitative estimate of drug-likeness (QED) is 0.887. The lowest BCUT2D eigenvalue weighted by molar-refractivity contribution is 0.510. The Morgan fingerprint density at radius 3 is 2.75 bits per heavy atom. The van der Waals surface area contributed by atoms with E-state index in [0.29, 0.717) is 10.0 Å². The van der Waals surface area contributed by atoms with Crippen LogP contribution in [-0.2, 0) is 13.0 Å². The van der Waals surface area contributed by atoms with Gasteiger partial charge in [-0.3, -0.25) is 4.68 Å². The van der Waals surface area contributed by atoms with E-state index < -0.39 is 0 Å². The van der Waals surface area contributed by atoms with Gasteiger partial charge >= 0.3 is 0 Å². The molecule has 4 nitrogen and oxygen atoms in total. The number of halogens is 2. The van der Waals surface area contributed by atoms with E-state index in [9.17, 15) is 0 Å². The van der Waals surface area contributed by atoms with Crippen LogP contribution in [0.15, 0.2) is 24.5 Å². The van der Waals surface area contributed by atoms with Crippen molar-refractivity contribution in [1.82, 2.24) is 20.1 Å².